The summed E-state index contributed by atoms with van der Waals surface area (Å²) in [5, 5.41) is 10.0. The Morgan fingerprint density at radius 1 is 1.39 bits per heavy atom. The van der Waals surface area contributed by atoms with Crippen LogP contribution >= 0.6 is 34.7 Å². The number of aromatic nitrogens is 2. The van der Waals surface area contributed by atoms with Gasteiger partial charge in [0.2, 0.25) is 5.91 Å². The number of anilines is 1. The lowest BCUT2D eigenvalue weighted by Gasteiger charge is -2.16. The first-order chi connectivity index (χ1) is 10.7. The summed E-state index contributed by atoms with van der Waals surface area (Å²) in [7, 11) is 0. The molecule has 0 aliphatic rings. The lowest BCUT2D eigenvalue weighted by Crippen LogP contribution is -2.24. The number of nitrogens with zero attached hydrogens (tertiary/aromatic N) is 2. The average molecular weight is 382 g/mol. The van der Waals surface area contributed by atoms with E-state index in [-0.39, 0.29) is 10.7 Å². The number of alkyl halides is 3. The van der Waals surface area contributed by atoms with Crippen molar-refractivity contribution in [3.63, 3.8) is 0 Å². The Kier molecular flexibility index (Phi) is 5.53. The van der Waals surface area contributed by atoms with E-state index in [1.165, 1.54) is 17.4 Å². The van der Waals surface area contributed by atoms with Gasteiger partial charge in [-0.05, 0) is 32.0 Å². The number of benzene rings is 1. The third kappa shape index (κ3) is 4.82. The van der Waals surface area contributed by atoms with Crippen molar-refractivity contribution in [1.82, 2.24) is 10.2 Å². The molecular weight excluding hydrogens is 371 g/mol. The van der Waals surface area contributed by atoms with Gasteiger partial charge in [0.05, 0.1) is 16.5 Å². The van der Waals surface area contributed by atoms with Crippen LogP contribution in [-0.2, 0) is 11.0 Å². The predicted molar refractivity (Wildman–Crippen MR) is 85.0 cm³/mol. The molecule has 0 aliphatic carbocycles. The van der Waals surface area contributed by atoms with Crippen molar-refractivity contribution in [3.8, 4) is 0 Å². The van der Waals surface area contributed by atoms with Crippen molar-refractivity contribution in [3.05, 3.63) is 33.8 Å². The van der Waals surface area contributed by atoms with E-state index >= 15 is 0 Å². The quantitative estimate of drug-likeness (QED) is 0.784. The van der Waals surface area contributed by atoms with Crippen LogP contribution in [0, 0.1) is 6.92 Å². The van der Waals surface area contributed by atoms with E-state index in [1.807, 2.05) is 0 Å². The zero-order chi connectivity index (χ0) is 17.2. The Morgan fingerprint density at radius 2 is 2.09 bits per heavy atom. The van der Waals surface area contributed by atoms with Gasteiger partial charge in [-0.15, -0.1) is 10.2 Å². The summed E-state index contributed by atoms with van der Waals surface area (Å²) in [6.45, 7) is 3.36. The molecule has 2 rings (SSSR count). The Labute approximate surface area is 143 Å². The van der Waals surface area contributed by atoms with Crippen LogP contribution < -0.4 is 5.32 Å². The van der Waals surface area contributed by atoms with E-state index in [0.717, 1.165) is 28.9 Å². The molecular formula is C13H11ClF3N3OS2. The fourth-order valence-corrected chi connectivity index (χ4v) is 3.76. The number of rotatable bonds is 4. The van der Waals surface area contributed by atoms with Crippen molar-refractivity contribution in [1.29, 1.82) is 0 Å². The van der Waals surface area contributed by atoms with E-state index in [0.29, 0.717) is 4.34 Å². The molecule has 1 atom stereocenters. The van der Waals surface area contributed by atoms with Gasteiger partial charge >= 0.3 is 6.18 Å². The first-order valence-corrected chi connectivity index (χ1v) is 8.38. The molecule has 0 saturated heterocycles. The number of hydrogen-bond donors (Lipinski definition) is 1. The summed E-state index contributed by atoms with van der Waals surface area (Å²) in [6, 6.07) is 3.21. The van der Waals surface area contributed by atoms with Gasteiger partial charge in [0, 0.05) is 5.02 Å². The molecule has 1 unspecified atom stereocenters. The van der Waals surface area contributed by atoms with E-state index in [2.05, 4.69) is 15.5 Å². The number of thioether (sulfide) groups is 1. The highest BCUT2D eigenvalue weighted by Gasteiger charge is 2.34. The molecule has 4 nitrogen and oxygen atoms in total. The zero-order valence-electron chi connectivity index (χ0n) is 11.9. The molecule has 124 valence electrons. The highest BCUT2D eigenvalue weighted by molar-refractivity contribution is 8.02. The molecule has 1 aromatic carbocycles. The third-order valence-corrected chi connectivity index (χ3v) is 4.96. The normalized spacial score (nSPS) is 13.0. The van der Waals surface area contributed by atoms with Crippen LogP contribution in [0.4, 0.5) is 18.9 Å². The fraction of sp³-hybridized carbons (Fsp3) is 0.308. The molecule has 0 radical (unpaired) electrons. The number of halogens is 4. The molecule has 1 N–H and O–H groups in total. The second-order valence-electron chi connectivity index (χ2n) is 4.52. The summed E-state index contributed by atoms with van der Waals surface area (Å²) in [6.07, 6.45) is -4.61. The minimum absolute atomic E-state index is 0.0536. The average Bonchev–Trinajstić information content (AvgIpc) is 2.84. The van der Waals surface area contributed by atoms with Crippen LogP contribution in [0.2, 0.25) is 5.02 Å². The summed E-state index contributed by atoms with van der Waals surface area (Å²) >= 11 is 8.05. The molecule has 10 heteroatoms. The molecule has 0 saturated carbocycles. The maximum Gasteiger partial charge on any atom is 0.418 e. The highest BCUT2D eigenvalue weighted by Crippen LogP contribution is 2.37. The number of hydrogen-bond acceptors (Lipinski definition) is 5. The first-order valence-electron chi connectivity index (χ1n) is 6.31. The molecule has 0 aliphatic heterocycles. The molecule has 0 spiro atoms. The minimum atomic E-state index is -4.61. The van der Waals surface area contributed by atoms with E-state index in [4.69, 9.17) is 11.6 Å². The van der Waals surface area contributed by atoms with Gasteiger partial charge < -0.3 is 5.32 Å². The smallest absolute Gasteiger partial charge is 0.325 e. The molecule has 0 bridgehead atoms. The van der Waals surface area contributed by atoms with Gasteiger partial charge in [0.15, 0.2) is 4.34 Å². The zero-order valence-corrected chi connectivity index (χ0v) is 14.3. The van der Waals surface area contributed by atoms with Crippen LogP contribution in [0.25, 0.3) is 0 Å². The maximum absolute atomic E-state index is 13.0. The number of nitrogens with one attached hydrogen (secondary N) is 1. The number of carbonyl (C=O) groups excluding carboxylic acids is 1. The van der Waals surface area contributed by atoms with Crippen molar-refractivity contribution in [2.75, 3.05) is 5.32 Å². The summed E-state index contributed by atoms with van der Waals surface area (Å²) in [5.41, 5.74) is -1.31. The van der Waals surface area contributed by atoms with Crippen molar-refractivity contribution >= 4 is 46.3 Å². The number of aryl methyl sites for hydroxylation is 1. The van der Waals surface area contributed by atoms with Crippen LogP contribution in [0.15, 0.2) is 22.5 Å². The molecule has 2 aromatic rings. The van der Waals surface area contributed by atoms with E-state index in [9.17, 15) is 18.0 Å². The number of amides is 1. The van der Waals surface area contributed by atoms with E-state index in [1.54, 1.807) is 13.8 Å². The molecule has 1 aromatic heterocycles. The summed E-state index contributed by atoms with van der Waals surface area (Å²) < 4.78 is 39.6. The molecule has 0 fully saturated rings. The fourth-order valence-electron chi connectivity index (χ4n) is 1.63. The van der Waals surface area contributed by atoms with E-state index < -0.39 is 22.9 Å². The van der Waals surface area contributed by atoms with Crippen LogP contribution in [-0.4, -0.2) is 21.4 Å². The topological polar surface area (TPSA) is 54.9 Å². The lowest BCUT2D eigenvalue weighted by atomic mass is 10.1. The van der Waals surface area contributed by atoms with Crippen molar-refractivity contribution in [2.45, 2.75) is 29.6 Å². The second-order valence-corrected chi connectivity index (χ2v) is 7.73. The number of carbonyl (C=O) groups is 1. The largest absolute Gasteiger partial charge is 0.418 e. The van der Waals surface area contributed by atoms with Gasteiger partial charge in [-0.1, -0.05) is 34.7 Å². The van der Waals surface area contributed by atoms with Gasteiger partial charge in [-0.2, -0.15) is 13.2 Å². The Morgan fingerprint density at radius 3 is 2.65 bits per heavy atom. The first kappa shape index (κ1) is 18.0. The highest BCUT2D eigenvalue weighted by atomic mass is 35.5. The van der Waals surface area contributed by atoms with Crippen molar-refractivity contribution in [2.24, 2.45) is 0 Å². The van der Waals surface area contributed by atoms with Crippen LogP contribution in [0.3, 0.4) is 0 Å². The van der Waals surface area contributed by atoms with Gasteiger partial charge in [0.1, 0.15) is 5.01 Å². The van der Waals surface area contributed by atoms with Gasteiger partial charge in [0.25, 0.3) is 0 Å². The molecule has 1 amide bonds. The van der Waals surface area contributed by atoms with Gasteiger partial charge in [-0.25, -0.2) is 0 Å². The third-order valence-electron chi connectivity index (χ3n) is 2.70. The standard InChI is InChI=1S/C13H11ClF3N3OS2/c1-6(22-12-20-19-7(2)23-12)11(21)18-10-4-3-8(14)5-9(10)13(15,16)17/h3-6H,1-2H3,(H,18,21). The van der Waals surface area contributed by atoms with Crippen molar-refractivity contribution < 1.29 is 18.0 Å². The Balaban J connectivity index is 2.13. The summed E-state index contributed by atoms with van der Waals surface area (Å²) in [5.74, 6) is -0.560. The summed E-state index contributed by atoms with van der Waals surface area (Å²) in [4.78, 5) is 12.1. The molecule has 1 heterocycles. The Hall–Kier alpha value is -1.32. The second kappa shape index (κ2) is 7.06. The Bertz CT molecular complexity index is 721. The predicted octanol–water partition coefficient (Wildman–Crippen LogP) is 4.64. The maximum atomic E-state index is 13.0. The van der Waals surface area contributed by atoms with Gasteiger partial charge in [-0.3, -0.25) is 4.79 Å². The molecule has 23 heavy (non-hydrogen) atoms. The monoisotopic (exact) mass is 381 g/mol. The van der Waals surface area contributed by atoms with Crippen LogP contribution in [0.1, 0.15) is 17.5 Å². The minimum Gasteiger partial charge on any atom is -0.325 e. The SMILES string of the molecule is Cc1nnc(SC(C)C(=O)Nc2ccc(Cl)cc2C(F)(F)F)s1. The van der Waals surface area contributed by atoms with Crippen LogP contribution in [0.5, 0.6) is 0 Å². The lowest BCUT2D eigenvalue weighted by molar-refractivity contribution is -0.137.